The van der Waals surface area contributed by atoms with Crippen molar-refractivity contribution in [3.63, 3.8) is 0 Å². The number of rotatable bonds is 4. The van der Waals surface area contributed by atoms with Crippen molar-refractivity contribution in [1.29, 1.82) is 5.26 Å². The van der Waals surface area contributed by atoms with Gasteiger partial charge in [0.25, 0.3) is 5.69 Å². The largest absolute Gasteiger partial charge is 0.288 e. The van der Waals surface area contributed by atoms with Gasteiger partial charge in [0.1, 0.15) is 11.6 Å². The summed E-state index contributed by atoms with van der Waals surface area (Å²) in [6, 6.07) is 13.6. The van der Waals surface area contributed by atoms with E-state index in [0.717, 1.165) is 0 Å². The number of nitriles is 1. The maximum Gasteiger partial charge on any atom is 0.269 e. The Bertz CT molecular complexity index is 788. The standard InChI is InChI=1S/C16H9ClN2O3/c17-14-5-3-12(4-6-14)16(20)13(10-18)9-11-1-7-15(8-2-11)19(21)22/h1-9H/b13-9+. The van der Waals surface area contributed by atoms with Gasteiger partial charge >= 0.3 is 0 Å². The minimum Gasteiger partial charge on any atom is -0.288 e. The van der Waals surface area contributed by atoms with Gasteiger partial charge in [-0.2, -0.15) is 5.26 Å². The van der Waals surface area contributed by atoms with Gasteiger partial charge in [0.2, 0.25) is 5.78 Å². The van der Waals surface area contributed by atoms with Crippen LogP contribution in [0.4, 0.5) is 5.69 Å². The molecular weight excluding hydrogens is 304 g/mol. The first-order valence-corrected chi connectivity index (χ1v) is 6.55. The van der Waals surface area contributed by atoms with Gasteiger partial charge in [-0.1, -0.05) is 11.6 Å². The number of carbonyl (C=O) groups is 1. The number of nitro groups is 1. The fraction of sp³-hybridized carbons (Fsp3) is 0. The summed E-state index contributed by atoms with van der Waals surface area (Å²) in [6.07, 6.45) is 1.39. The maximum absolute atomic E-state index is 12.2. The van der Waals surface area contributed by atoms with Crippen LogP contribution in [0.25, 0.3) is 6.08 Å². The molecule has 0 heterocycles. The first-order chi connectivity index (χ1) is 10.5. The molecule has 2 aromatic rings. The number of Topliss-reactive ketones (excluding diaryl/α,β-unsaturated/α-hetero) is 1. The Kier molecular flexibility index (Phi) is 4.66. The van der Waals surface area contributed by atoms with Crippen LogP contribution in [-0.2, 0) is 0 Å². The van der Waals surface area contributed by atoms with Gasteiger partial charge in [0.05, 0.1) is 4.92 Å². The highest BCUT2D eigenvalue weighted by molar-refractivity contribution is 6.30. The summed E-state index contributed by atoms with van der Waals surface area (Å²) >= 11 is 5.75. The van der Waals surface area contributed by atoms with Gasteiger partial charge in [-0.15, -0.1) is 0 Å². The molecule has 0 unspecified atom stereocenters. The number of nitrogens with zero attached hydrogens (tertiary/aromatic N) is 2. The first-order valence-electron chi connectivity index (χ1n) is 6.18. The van der Waals surface area contributed by atoms with E-state index < -0.39 is 10.7 Å². The Morgan fingerprint density at radius 2 is 1.73 bits per heavy atom. The summed E-state index contributed by atoms with van der Waals surface area (Å²) in [5, 5.41) is 20.2. The molecule has 5 nitrogen and oxygen atoms in total. The molecule has 0 atom stereocenters. The molecule has 0 bridgehead atoms. The average Bonchev–Trinajstić information content (AvgIpc) is 2.53. The van der Waals surface area contributed by atoms with Crippen LogP contribution in [0, 0.1) is 21.4 Å². The van der Waals surface area contributed by atoms with Crippen LogP contribution in [0.15, 0.2) is 54.1 Å². The lowest BCUT2D eigenvalue weighted by Gasteiger charge is -2.00. The van der Waals surface area contributed by atoms with Crippen molar-refractivity contribution in [2.75, 3.05) is 0 Å². The summed E-state index contributed by atoms with van der Waals surface area (Å²) in [6.45, 7) is 0. The van der Waals surface area contributed by atoms with E-state index in [-0.39, 0.29) is 11.3 Å². The number of non-ortho nitro benzene ring substituents is 1. The predicted molar refractivity (Wildman–Crippen MR) is 82.5 cm³/mol. The third-order valence-corrected chi connectivity index (χ3v) is 3.14. The molecule has 2 aromatic carbocycles. The van der Waals surface area contributed by atoms with Gasteiger partial charge in [-0.25, -0.2) is 0 Å². The Labute approximate surface area is 131 Å². The van der Waals surface area contributed by atoms with Gasteiger partial charge in [0, 0.05) is 22.7 Å². The molecule has 0 aromatic heterocycles. The van der Waals surface area contributed by atoms with E-state index in [4.69, 9.17) is 16.9 Å². The molecule has 108 valence electrons. The predicted octanol–water partition coefficient (Wildman–Crippen LogP) is 4.04. The van der Waals surface area contributed by atoms with E-state index in [1.807, 2.05) is 6.07 Å². The minimum atomic E-state index is -0.516. The fourth-order valence-corrected chi connectivity index (χ4v) is 1.89. The second-order valence-electron chi connectivity index (χ2n) is 4.35. The second-order valence-corrected chi connectivity index (χ2v) is 4.79. The first kappa shape index (κ1) is 15.4. The lowest BCUT2D eigenvalue weighted by molar-refractivity contribution is -0.384. The van der Waals surface area contributed by atoms with E-state index in [0.29, 0.717) is 16.1 Å². The number of nitro benzene ring substituents is 1. The third-order valence-electron chi connectivity index (χ3n) is 2.89. The highest BCUT2D eigenvalue weighted by atomic mass is 35.5. The second kappa shape index (κ2) is 6.66. The number of hydrogen-bond acceptors (Lipinski definition) is 4. The summed E-state index contributed by atoms with van der Waals surface area (Å²) in [7, 11) is 0. The fourth-order valence-electron chi connectivity index (χ4n) is 1.76. The molecule has 2 rings (SSSR count). The summed E-state index contributed by atoms with van der Waals surface area (Å²) < 4.78 is 0. The Morgan fingerprint density at radius 3 is 2.23 bits per heavy atom. The van der Waals surface area contributed by atoms with Crippen molar-refractivity contribution in [3.8, 4) is 6.07 Å². The monoisotopic (exact) mass is 312 g/mol. The van der Waals surface area contributed by atoms with E-state index in [1.165, 1.54) is 42.5 Å². The smallest absolute Gasteiger partial charge is 0.269 e. The van der Waals surface area contributed by atoms with Gasteiger partial charge < -0.3 is 0 Å². The summed E-state index contributed by atoms with van der Waals surface area (Å²) in [4.78, 5) is 22.3. The van der Waals surface area contributed by atoms with Crippen LogP contribution in [-0.4, -0.2) is 10.7 Å². The molecule has 0 aliphatic carbocycles. The van der Waals surface area contributed by atoms with E-state index in [1.54, 1.807) is 12.1 Å². The Hall–Kier alpha value is -2.97. The van der Waals surface area contributed by atoms with Gasteiger partial charge in [-0.3, -0.25) is 14.9 Å². The highest BCUT2D eigenvalue weighted by Gasteiger charge is 2.12. The van der Waals surface area contributed by atoms with Crippen molar-refractivity contribution in [1.82, 2.24) is 0 Å². The maximum atomic E-state index is 12.2. The Morgan fingerprint density at radius 1 is 1.14 bits per heavy atom. The molecule has 0 saturated heterocycles. The lowest BCUT2D eigenvalue weighted by atomic mass is 10.0. The van der Waals surface area contributed by atoms with E-state index in [9.17, 15) is 14.9 Å². The van der Waals surface area contributed by atoms with Crippen LogP contribution < -0.4 is 0 Å². The number of allylic oxidation sites excluding steroid dienone is 1. The number of ketones is 1. The normalized spacial score (nSPS) is 10.8. The van der Waals surface area contributed by atoms with E-state index in [2.05, 4.69) is 0 Å². The molecule has 6 heteroatoms. The minimum absolute atomic E-state index is 0.0558. The van der Waals surface area contributed by atoms with Gasteiger partial charge in [-0.05, 0) is 48.0 Å². The zero-order valence-corrected chi connectivity index (χ0v) is 11.9. The highest BCUT2D eigenvalue weighted by Crippen LogP contribution is 2.17. The molecule has 0 aliphatic heterocycles. The zero-order chi connectivity index (χ0) is 16.1. The molecular formula is C16H9ClN2O3. The Balaban J connectivity index is 2.31. The molecule has 22 heavy (non-hydrogen) atoms. The quantitative estimate of drug-likeness (QED) is 0.280. The lowest BCUT2D eigenvalue weighted by Crippen LogP contribution is -2.01. The number of carbonyl (C=O) groups excluding carboxylic acids is 1. The van der Waals surface area contributed by atoms with Crippen molar-refractivity contribution < 1.29 is 9.72 Å². The molecule has 0 aliphatic rings. The number of halogens is 1. The van der Waals surface area contributed by atoms with Crippen molar-refractivity contribution in [2.24, 2.45) is 0 Å². The van der Waals surface area contributed by atoms with Crippen LogP contribution >= 0.6 is 11.6 Å². The molecule has 0 fully saturated rings. The van der Waals surface area contributed by atoms with Crippen LogP contribution in [0.2, 0.25) is 5.02 Å². The van der Waals surface area contributed by atoms with Gasteiger partial charge in [0.15, 0.2) is 0 Å². The zero-order valence-electron chi connectivity index (χ0n) is 11.2. The summed E-state index contributed by atoms with van der Waals surface area (Å²) in [5.74, 6) is -0.433. The molecule has 0 N–H and O–H groups in total. The van der Waals surface area contributed by atoms with Crippen molar-refractivity contribution in [3.05, 3.63) is 80.4 Å². The number of benzene rings is 2. The third kappa shape index (κ3) is 3.57. The van der Waals surface area contributed by atoms with Crippen LogP contribution in [0.1, 0.15) is 15.9 Å². The summed E-state index contributed by atoms with van der Waals surface area (Å²) in [5.41, 5.74) is 0.763. The van der Waals surface area contributed by atoms with Crippen LogP contribution in [0.3, 0.4) is 0 Å². The van der Waals surface area contributed by atoms with Crippen molar-refractivity contribution >= 4 is 29.1 Å². The van der Waals surface area contributed by atoms with E-state index >= 15 is 0 Å². The SMILES string of the molecule is N#C/C(=C\c1ccc([N+](=O)[O-])cc1)C(=O)c1ccc(Cl)cc1. The van der Waals surface area contributed by atoms with Crippen LogP contribution in [0.5, 0.6) is 0 Å². The molecule has 0 amide bonds. The topological polar surface area (TPSA) is 84.0 Å². The number of hydrogen-bond donors (Lipinski definition) is 0. The van der Waals surface area contributed by atoms with Crippen molar-refractivity contribution in [2.45, 2.75) is 0 Å². The molecule has 0 saturated carbocycles. The molecule has 0 spiro atoms. The average molecular weight is 313 g/mol. The molecule has 0 radical (unpaired) electrons.